The highest BCUT2D eigenvalue weighted by molar-refractivity contribution is 14.2. The van der Waals surface area contributed by atoms with Gasteiger partial charge in [0.1, 0.15) is 0 Å². The van der Waals surface area contributed by atoms with Gasteiger partial charge in [-0.3, -0.25) is 4.79 Å². The van der Waals surface area contributed by atoms with Crippen molar-refractivity contribution in [3.05, 3.63) is 0 Å². The number of hydrogen-bond donors (Lipinski definition) is 0. The van der Waals surface area contributed by atoms with Gasteiger partial charge in [0.15, 0.2) is 3.68 Å². The molecule has 0 aromatic carbocycles. The van der Waals surface area contributed by atoms with E-state index in [0.29, 0.717) is 17.4 Å². The number of halogens is 3. The first-order valence-electron chi connectivity index (χ1n) is 3.53. The van der Waals surface area contributed by atoms with Crippen LogP contribution in [0.5, 0.6) is 0 Å². The van der Waals surface area contributed by atoms with Crippen molar-refractivity contribution in [2.75, 3.05) is 17.5 Å². The molecule has 0 saturated carbocycles. The lowest BCUT2D eigenvalue weighted by Crippen LogP contribution is -2.31. The van der Waals surface area contributed by atoms with Gasteiger partial charge in [0.05, 0.1) is 11.0 Å². The molecule has 12 heavy (non-hydrogen) atoms. The molecule has 1 rings (SSSR count). The molecule has 0 bridgehead atoms. The van der Waals surface area contributed by atoms with Crippen LogP contribution in [0.3, 0.4) is 0 Å². The zero-order valence-electron chi connectivity index (χ0n) is 6.52. The molecule has 1 aliphatic rings. The van der Waals surface area contributed by atoms with E-state index in [1.165, 1.54) is 0 Å². The zero-order chi connectivity index (χ0) is 9.19. The van der Waals surface area contributed by atoms with Gasteiger partial charge in [0.2, 0.25) is 5.91 Å². The minimum atomic E-state index is -1.11. The lowest BCUT2D eigenvalue weighted by atomic mass is 10.3. The van der Waals surface area contributed by atoms with E-state index >= 15 is 0 Å². The standard InChI is InChI=1S/C7H10FI2NO/c1-10-7(8)2-3-11(5-7)6(12)4-9/h1-5H2. The highest BCUT2D eigenvalue weighted by Crippen LogP contribution is 2.35. The maximum absolute atomic E-state index is 13.6. The first kappa shape index (κ1) is 10.8. The Morgan fingerprint density at radius 1 is 1.83 bits per heavy atom. The maximum Gasteiger partial charge on any atom is 0.232 e. The molecule has 5 heteroatoms. The quantitative estimate of drug-likeness (QED) is 0.514. The van der Waals surface area contributed by atoms with E-state index in [1.54, 1.807) is 4.90 Å². The van der Waals surface area contributed by atoms with E-state index in [4.69, 9.17) is 0 Å². The minimum absolute atomic E-state index is 0.0487. The predicted molar refractivity (Wildman–Crippen MR) is 65.1 cm³/mol. The first-order chi connectivity index (χ1) is 5.61. The second-order valence-electron chi connectivity index (χ2n) is 2.69. The van der Waals surface area contributed by atoms with Crippen molar-refractivity contribution in [1.29, 1.82) is 0 Å². The van der Waals surface area contributed by atoms with Gasteiger partial charge < -0.3 is 4.90 Å². The van der Waals surface area contributed by atoms with Crippen molar-refractivity contribution >= 4 is 53.7 Å². The van der Waals surface area contributed by atoms with Crippen molar-refractivity contribution in [2.45, 2.75) is 10.1 Å². The summed E-state index contributed by atoms with van der Waals surface area (Å²) in [5.74, 6) is 0.0487. The Balaban J connectivity index is 2.56. The topological polar surface area (TPSA) is 20.3 Å². The molecule has 0 aromatic heterocycles. The summed E-state index contributed by atoms with van der Waals surface area (Å²) in [6.07, 6.45) is 0.492. The number of amides is 1. The minimum Gasteiger partial charge on any atom is -0.338 e. The van der Waals surface area contributed by atoms with Crippen molar-refractivity contribution in [3.63, 3.8) is 0 Å². The Morgan fingerprint density at radius 2 is 2.50 bits per heavy atom. The van der Waals surface area contributed by atoms with Crippen LogP contribution in [-0.2, 0) is 4.79 Å². The molecular formula is C7H10FI2NO. The molecule has 70 valence electrons. The number of hydrogen-bond acceptors (Lipinski definition) is 1. The van der Waals surface area contributed by atoms with Crippen molar-refractivity contribution < 1.29 is 9.18 Å². The highest BCUT2D eigenvalue weighted by Gasteiger charge is 2.37. The van der Waals surface area contributed by atoms with Crippen LogP contribution >= 0.6 is 43.3 Å². The van der Waals surface area contributed by atoms with E-state index < -0.39 is 24.4 Å². The second-order valence-corrected chi connectivity index (χ2v) is 6.15. The molecule has 0 spiro atoms. The van der Waals surface area contributed by atoms with Crippen LogP contribution < -0.4 is 0 Å². The summed E-state index contributed by atoms with van der Waals surface area (Å²) >= 11 is 1.36. The van der Waals surface area contributed by atoms with Crippen LogP contribution in [-0.4, -0.2) is 36.5 Å². The van der Waals surface area contributed by atoms with Gasteiger partial charge >= 0.3 is 0 Å². The largest absolute Gasteiger partial charge is 0.338 e. The molecule has 0 aliphatic carbocycles. The maximum atomic E-state index is 13.6. The Bertz CT molecular complexity index is 212. The summed E-state index contributed by atoms with van der Waals surface area (Å²) in [6, 6.07) is 0. The number of rotatable bonds is 2. The SMILES string of the molecule is C=IC1(F)CCN(C(=O)CI)C1. The van der Waals surface area contributed by atoms with Gasteiger partial charge in [-0.05, 0) is 0 Å². The molecule has 1 aliphatic heterocycles. The summed E-state index contributed by atoms with van der Waals surface area (Å²) in [5, 5.41) is 0. The summed E-state index contributed by atoms with van der Waals surface area (Å²) in [5.41, 5.74) is 0. The van der Waals surface area contributed by atoms with Gasteiger partial charge in [-0.15, -0.1) is 0 Å². The number of alkyl halides is 3. The highest BCUT2D eigenvalue weighted by atomic mass is 127. The van der Waals surface area contributed by atoms with E-state index in [1.807, 2.05) is 22.6 Å². The van der Waals surface area contributed by atoms with Crippen molar-refractivity contribution in [2.24, 2.45) is 0 Å². The molecule has 1 fully saturated rings. The molecule has 1 saturated heterocycles. The molecule has 2 nitrogen and oxygen atoms in total. The van der Waals surface area contributed by atoms with Gasteiger partial charge in [0, 0.05) is 13.0 Å². The second kappa shape index (κ2) is 4.30. The lowest BCUT2D eigenvalue weighted by Gasteiger charge is -2.16. The van der Waals surface area contributed by atoms with E-state index in [-0.39, 0.29) is 12.5 Å². The monoisotopic (exact) mass is 397 g/mol. The lowest BCUT2D eigenvalue weighted by molar-refractivity contribution is -0.127. The Hall–Kier alpha value is 0.730. The number of nitrogens with zero attached hydrogens (tertiary/aromatic N) is 1. The third kappa shape index (κ3) is 2.36. The summed E-state index contributed by atoms with van der Waals surface area (Å²) < 4.78 is 16.6. The fourth-order valence-electron chi connectivity index (χ4n) is 1.14. The summed E-state index contributed by atoms with van der Waals surface area (Å²) in [4.78, 5) is 12.8. The number of carbonyl (C=O) groups excluding carboxylic acids is 1. The average Bonchev–Trinajstić information content (AvgIpc) is 2.48. The van der Waals surface area contributed by atoms with Gasteiger partial charge in [-0.25, -0.2) is 4.39 Å². The van der Waals surface area contributed by atoms with Crippen LogP contribution in [0.1, 0.15) is 6.42 Å². The average molecular weight is 397 g/mol. The molecule has 1 heterocycles. The normalized spacial score (nSPS) is 29.3. The third-order valence-corrected chi connectivity index (χ3v) is 4.78. The van der Waals surface area contributed by atoms with Crippen LogP contribution in [0.15, 0.2) is 0 Å². The fraction of sp³-hybridized carbons (Fsp3) is 0.714. The van der Waals surface area contributed by atoms with E-state index in [9.17, 15) is 9.18 Å². The smallest absolute Gasteiger partial charge is 0.232 e. The number of likely N-dealkylation sites (tertiary alicyclic amines) is 1. The molecule has 1 amide bonds. The molecule has 1 unspecified atom stereocenters. The molecule has 0 N–H and O–H groups in total. The van der Waals surface area contributed by atoms with E-state index in [2.05, 4.69) is 4.51 Å². The Kier molecular flexibility index (Phi) is 3.87. The molecule has 0 radical (unpaired) electrons. The van der Waals surface area contributed by atoms with Gasteiger partial charge in [-0.2, -0.15) is 0 Å². The molecular weight excluding hydrogens is 387 g/mol. The van der Waals surface area contributed by atoms with Crippen LogP contribution in [0.2, 0.25) is 0 Å². The third-order valence-electron chi connectivity index (χ3n) is 1.88. The fourth-order valence-corrected chi connectivity index (χ4v) is 2.90. The summed E-state index contributed by atoms with van der Waals surface area (Å²) in [6.45, 7) is 0.860. The molecule has 1 atom stereocenters. The van der Waals surface area contributed by atoms with Gasteiger partial charge in [0.25, 0.3) is 0 Å². The Labute approximate surface area is 94.8 Å². The van der Waals surface area contributed by atoms with Gasteiger partial charge in [-0.1, -0.05) is 47.8 Å². The Morgan fingerprint density at radius 3 is 2.92 bits per heavy atom. The van der Waals surface area contributed by atoms with E-state index in [0.717, 1.165) is 0 Å². The summed E-state index contributed by atoms with van der Waals surface area (Å²) in [7, 11) is 0. The van der Waals surface area contributed by atoms with Crippen molar-refractivity contribution in [3.8, 4) is 0 Å². The van der Waals surface area contributed by atoms with Crippen molar-refractivity contribution in [1.82, 2.24) is 4.90 Å². The van der Waals surface area contributed by atoms with Crippen LogP contribution in [0.25, 0.3) is 0 Å². The first-order valence-corrected chi connectivity index (χ1v) is 7.66. The van der Waals surface area contributed by atoms with Crippen LogP contribution in [0.4, 0.5) is 4.39 Å². The molecule has 0 aromatic rings. The predicted octanol–water partition coefficient (Wildman–Crippen LogP) is 1.72. The number of carbonyl (C=O) groups is 1. The zero-order valence-corrected chi connectivity index (χ0v) is 10.8. The van der Waals surface area contributed by atoms with Crippen LogP contribution in [0, 0.1) is 0 Å².